The normalized spacial score (nSPS) is 25.2. The third kappa shape index (κ3) is 2.32. The van der Waals surface area contributed by atoms with Crippen molar-refractivity contribution in [1.29, 1.82) is 0 Å². The molecule has 2 N–H and O–H groups in total. The molecule has 16 heavy (non-hydrogen) atoms. The number of nitrogens with zero attached hydrogens (tertiary/aromatic N) is 1. The van der Waals surface area contributed by atoms with Gasteiger partial charge in [-0.3, -0.25) is 0 Å². The van der Waals surface area contributed by atoms with E-state index in [9.17, 15) is 4.39 Å². The Morgan fingerprint density at radius 3 is 3.00 bits per heavy atom. The van der Waals surface area contributed by atoms with Crippen molar-refractivity contribution in [1.82, 2.24) is 0 Å². The smallest absolute Gasteiger partial charge is 0.229 e. The average molecular weight is 222 g/mol. The summed E-state index contributed by atoms with van der Waals surface area (Å²) in [4.78, 5) is 3.91. The Labute approximate surface area is 94.2 Å². The Hall–Kier alpha value is -1.58. The molecule has 86 valence electrons. The third-order valence-corrected chi connectivity index (χ3v) is 2.63. The zero-order valence-corrected chi connectivity index (χ0v) is 9.24. The summed E-state index contributed by atoms with van der Waals surface area (Å²) in [5, 5.41) is 0. The first kappa shape index (κ1) is 10.9. The van der Waals surface area contributed by atoms with Crippen molar-refractivity contribution in [3.8, 4) is 0 Å². The van der Waals surface area contributed by atoms with Gasteiger partial charge in [0.05, 0.1) is 0 Å². The fraction of sp³-hybridized carbons (Fsp3) is 0.417. The zero-order chi connectivity index (χ0) is 11.5. The summed E-state index contributed by atoms with van der Waals surface area (Å²) in [6.07, 6.45) is 5.81. The molecular weight excluding hydrogens is 207 g/mol. The van der Waals surface area contributed by atoms with Gasteiger partial charge in [-0.15, -0.1) is 0 Å². The first-order valence-corrected chi connectivity index (χ1v) is 5.37. The molecule has 0 saturated carbocycles. The fourth-order valence-corrected chi connectivity index (χ4v) is 1.72. The molecule has 0 fully saturated rings. The minimum absolute atomic E-state index is 0.158. The van der Waals surface area contributed by atoms with Crippen molar-refractivity contribution < 1.29 is 9.13 Å². The van der Waals surface area contributed by atoms with Crippen molar-refractivity contribution in [3.63, 3.8) is 0 Å². The van der Waals surface area contributed by atoms with Gasteiger partial charge in [0.1, 0.15) is 5.76 Å². The van der Waals surface area contributed by atoms with E-state index in [-0.39, 0.29) is 5.90 Å². The van der Waals surface area contributed by atoms with Gasteiger partial charge in [-0.2, -0.15) is 0 Å². The van der Waals surface area contributed by atoms with Crippen LogP contribution in [-0.4, -0.2) is 12.1 Å². The van der Waals surface area contributed by atoms with Gasteiger partial charge >= 0.3 is 0 Å². The molecule has 1 aliphatic carbocycles. The van der Waals surface area contributed by atoms with Crippen LogP contribution in [-0.2, 0) is 4.74 Å². The third-order valence-electron chi connectivity index (χ3n) is 2.63. The Bertz CT molecular complexity index is 407. The highest BCUT2D eigenvalue weighted by molar-refractivity contribution is 5.83. The van der Waals surface area contributed by atoms with Crippen LogP contribution in [0.1, 0.15) is 26.2 Å². The molecule has 3 nitrogen and oxygen atoms in total. The number of allylic oxidation sites excluding steroid dienone is 5. The van der Waals surface area contributed by atoms with Crippen LogP contribution in [0.2, 0.25) is 0 Å². The largest absolute Gasteiger partial charge is 0.444 e. The summed E-state index contributed by atoms with van der Waals surface area (Å²) in [6, 6.07) is 0. The van der Waals surface area contributed by atoms with Crippen molar-refractivity contribution in [2.75, 3.05) is 0 Å². The number of hydrogen-bond acceptors (Lipinski definition) is 3. The lowest BCUT2D eigenvalue weighted by Crippen LogP contribution is -2.21. The molecule has 0 radical (unpaired) electrons. The SMILES string of the molecule is CC1=C(OC2=NC=CCC2F)CCC(N)=C1. The number of rotatable bonds is 1. The van der Waals surface area contributed by atoms with Crippen molar-refractivity contribution in [3.05, 3.63) is 35.4 Å². The molecule has 0 amide bonds. The van der Waals surface area contributed by atoms with E-state index in [1.165, 1.54) is 0 Å². The molecule has 4 heteroatoms. The highest BCUT2D eigenvalue weighted by atomic mass is 19.1. The molecule has 0 spiro atoms. The summed E-state index contributed by atoms with van der Waals surface area (Å²) >= 11 is 0. The van der Waals surface area contributed by atoms with Crippen molar-refractivity contribution in [2.45, 2.75) is 32.4 Å². The Morgan fingerprint density at radius 2 is 2.31 bits per heavy atom. The van der Waals surface area contributed by atoms with E-state index in [0.29, 0.717) is 12.8 Å². The number of alkyl halides is 1. The van der Waals surface area contributed by atoms with E-state index in [1.807, 2.05) is 13.0 Å². The van der Waals surface area contributed by atoms with E-state index in [0.717, 1.165) is 23.5 Å². The maximum absolute atomic E-state index is 13.4. The van der Waals surface area contributed by atoms with E-state index in [2.05, 4.69) is 4.99 Å². The number of hydrogen-bond donors (Lipinski definition) is 1. The predicted molar refractivity (Wildman–Crippen MR) is 61.4 cm³/mol. The minimum Gasteiger partial charge on any atom is -0.444 e. The molecular formula is C12H15FN2O. The average Bonchev–Trinajstić information content (AvgIpc) is 2.25. The van der Waals surface area contributed by atoms with Gasteiger partial charge in [0.15, 0.2) is 6.17 Å². The fourth-order valence-electron chi connectivity index (χ4n) is 1.72. The second-order valence-corrected chi connectivity index (χ2v) is 3.98. The topological polar surface area (TPSA) is 47.6 Å². The molecule has 1 heterocycles. The van der Waals surface area contributed by atoms with Crippen LogP contribution in [0.15, 0.2) is 40.4 Å². The van der Waals surface area contributed by atoms with Gasteiger partial charge in [-0.05, 0) is 25.0 Å². The Balaban J connectivity index is 2.13. The molecule has 1 aliphatic heterocycles. The molecule has 0 saturated heterocycles. The van der Waals surface area contributed by atoms with Crippen LogP contribution >= 0.6 is 0 Å². The molecule has 1 atom stereocenters. The maximum atomic E-state index is 13.4. The van der Waals surface area contributed by atoms with Crippen LogP contribution in [0.25, 0.3) is 0 Å². The van der Waals surface area contributed by atoms with Crippen LogP contribution < -0.4 is 5.73 Å². The Kier molecular flexibility index (Phi) is 3.08. The first-order valence-electron chi connectivity index (χ1n) is 5.37. The standard InChI is InChI=1S/C12H15FN2O/c1-8-7-9(14)4-5-11(8)16-12-10(13)3-2-6-15-12/h2,6-7,10H,3-5,14H2,1H3. The number of ether oxygens (including phenoxy) is 1. The summed E-state index contributed by atoms with van der Waals surface area (Å²) in [7, 11) is 0. The molecule has 0 aromatic heterocycles. The highest BCUT2D eigenvalue weighted by Gasteiger charge is 2.21. The maximum Gasteiger partial charge on any atom is 0.229 e. The van der Waals surface area contributed by atoms with Gasteiger partial charge in [-0.25, -0.2) is 9.38 Å². The summed E-state index contributed by atoms with van der Waals surface area (Å²) < 4.78 is 18.9. The number of halogens is 1. The van der Waals surface area contributed by atoms with Gasteiger partial charge in [0.25, 0.3) is 0 Å². The number of nitrogens with two attached hydrogens (primary N) is 1. The lowest BCUT2D eigenvalue weighted by Gasteiger charge is -2.20. The second kappa shape index (κ2) is 4.51. The summed E-state index contributed by atoms with van der Waals surface area (Å²) in [6.45, 7) is 1.91. The monoisotopic (exact) mass is 222 g/mol. The second-order valence-electron chi connectivity index (χ2n) is 3.98. The molecule has 2 rings (SSSR count). The highest BCUT2D eigenvalue weighted by Crippen LogP contribution is 2.24. The molecule has 0 aromatic rings. The lowest BCUT2D eigenvalue weighted by atomic mass is 10.0. The van der Waals surface area contributed by atoms with Crippen molar-refractivity contribution >= 4 is 5.90 Å². The van der Waals surface area contributed by atoms with E-state index >= 15 is 0 Å². The van der Waals surface area contributed by atoms with Gasteiger partial charge < -0.3 is 10.5 Å². The van der Waals surface area contributed by atoms with E-state index < -0.39 is 6.17 Å². The zero-order valence-electron chi connectivity index (χ0n) is 9.24. The summed E-state index contributed by atoms with van der Waals surface area (Å²) in [5.74, 6) is 0.927. The van der Waals surface area contributed by atoms with Gasteiger partial charge in [0, 0.05) is 24.7 Å². The Morgan fingerprint density at radius 1 is 1.50 bits per heavy atom. The molecule has 0 bridgehead atoms. The first-order chi connectivity index (χ1) is 7.66. The minimum atomic E-state index is -1.13. The van der Waals surface area contributed by atoms with Crippen LogP contribution in [0.3, 0.4) is 0 Å². The van der Waals surface area contributed by atoms with E-state index in [4.69, 9.17) is 10.5 Å². The van der Waals surface area contributed by atoms with E-state index in [1.54, 1.807) is 12.3 Å². The van der Waals surface area contributed by atoms with Crippen LogP contribution in [0.5, 0.6) is 0 Å². The quantitative estimate of drug-likeness (QED) is 0.741. The van der Waals surface area contributed by atoms with Crippen LogP contribution in [0.4, 0.5) is 4.39 Å². The lowest BCUT2D eigenvalue weighted by molar-refractivity contribution is 0.308. The predicted octanol–water partition coefficient (Wildman–Crippen LogP) is 2.57. The summed E-state index contributed by atoms with van der Waals surface area (Å²) in [5.41, 5.74) is 7.50. The molecule has 0 aromatic carbocycles. The van der Waals surface area contributed by atoms with Gasteiger partial charge in [-0.1, -0.05) is 6.08 Å². The number of aliphatic imine (C=N–C) groups is 1. The van der Waals surface area contributed by atoms with Crippen LogP contribution in [0, 0.1) is 0 Å². The molecule has 2 aliphatic rings. The molecule has 1 unspecified atom stereocenters. The van der Waals surface area contributed by atoms with Gasteiger partial charge in [0.2, 0.25) is 5.90 Å². The van der Waals surface area contributed by atoms with Crippen molar-refractivity contribution in [2.24, 2.45) is 10.7 Å².